The normalized spacial score (nSPS) is 16.9. The van der Waals surface area contributed by atoms with Crippen LogP contribution >= 0.6 is 11.3 Å². The molecule has 0 aliphatic carbocycles. The van der Waals surface area contributed by atoms with Crippen molar-refractivity contribution in [2.24, 2.45) is 0 Å². The summed E-state index contributed by atoms with van der Waals surface area (Å²) in [7, 11) is 0. The molecular formula is C21H22FN3O2S. The molecule has 0 saturated carbocycles. The number of benzene rings is 1. The van der Waals surface area contributed by atoms with Gasteiger partial charge in [-0.1, -0.05) is 18.2 Å². The molecule has 146 valence electrons. The second-order valence-corrected chi connectivity index (χ2v) is 8.27. The van der Waals surface area contributed by atoms with Crippen molar-refractivity contribution in [1.29, 1.82) is 0 Å². The van der Waals surface area contributed by atoms with E-state index in [9.17, 15) is 14.3 Å². The molecule has 3 heterocycles. The van der Waals surface area contributed by atoms with E-state index in [2.05, 4.69) is 10.00 Å². The number of thiophene rings is 1. The summed E-state index contributed by atoms with van der Waals surface area (Å²) < 4.78 is 14.4. The third kappa shape index (κ3) is 4.38. The molecule has 1 N–H and O–H groups in total. The fourth-order valence-corrected chi connectivity index (χ4v) is 4.22. The number of hydrogen-bond donors (Lipinski definition) is 1. The molecule has 1 fully saturated rings. The van der Waals surface area contributed by atoms with Crippen LogP contribution in [0, 0.1) is 5.82 Å². The Balaban J connectivity index is 1.41. The van der Waals surface area contributed by atoms with Crippen molar-refractivity contribution >= 4 is 11.3 Å². The molecule has 0 amide bonds. The van der Waals surface area contributed by atoms with Crippen LogP contribution in [0.2, 0.25) is 0 Å². The smallest absolute Gasteiger partial charge is 0.266 e. The van der Waals surface area contributed by atoms with Gasteiger partial charge in [-0.3, -0.25) is 9.69 Å². The number of aliphatic hydroxyl groups is 1. The Morgan fingerprint density at radius 3 is 2.54 bits per heavy atom. The Hall–Kier alpha value is -2.35. The first-order valence-corrected chi connectivity index (χ1v) is 10.2. The van der Waals surface area contributed by atoms with E-state index in [1.165, 1.54) is 22.9 Å². The molecule has 1 aliphatic heterocycles. The van der Waals surface area contributed by atoms with Gasteiger partial charge in [0.05, 0.1) is 17.0 Å². The number of hydrogen-bond acceptors (Lipinski definition) is 5. The molecular weight excluding hydrogens is 377 g/mol. The number of aromatic nitrogens is 2. The lowest BCUT2D eigenvalue weighted by molar-refractivity contribution is -0.0389. The van der Waals surface area contributed by atoms with Crippen molar-refractivity contribution in [1.82, 2.24) is 14.7 Å². The minimum atomic E-state index is -0.954. The van der Waals surface area contributed by atoms with Crippen LogP contribution in [0.25, 0.3) is 10.6 Å². The first-order chi connectivity index (χ1) is 13.5. The van der Waals surface area contributed by atoms with Gasteiger partial charge in [-0.2, -0.15) is 5.10 Å². The lowest BCUT2D eigenvalue weighted by atomic mass is 9.91. The highest BCUT2D eigenvalue weighted by atomic mass is 32.1. The summed E-state index contributed by atoms with van der Waals surface area (Å²) in [4.78, 5) is 15.5. The zero-order valence-corrected chi connectivity index (χ0v) is 16.2. The Morgan fingerprint density at radius 2 is 1.86 bits per heavy atom. The standard InChI is InChI=1S/C21H22FN3O2S/c22-17-5-3-16(4-6-17)14-24-11-9-21(27,10-12-24)15-25-20(26)8-7-18(23-25)19-2-1-13-28-19/h1-8,13,27H,9-12,14-15H2. The topological polar surface area (TPSA) is 58.4 Å². The van der Waals surface area contributed by atoms with Crippen LogP contribution in [0.1, 0.15) is 18.4 Å². The minimum Gasteiger partial charge on any atom is -0.388 e. The summed E-state index contributed by atoms with van der Waals surface area (Å²) >= 11 is 1.57. The monoisotopic (exact) mass is 399 g/mol. The maximum atomic E-state index is 13.0. The van der Waals surface area contributed by atoms with Gasteiger partial charge in [0.2, 0.25) is 0 Å². The predicted molar refractivity (Wildman–Crippen MR) is 108 cm³/mol. The lowest BCUT2D eigenvalue weighted by Crippen LogP contribution is -2.48. The van der Waals surface area contributed by atoms with Crippen LogP contribution in [-0.2, 0) is 13.1 Å². The third-order valence-corrected chi connectivity index (χ3v) is 6.08. The van der Waals surface area contributed by atoms with Gasteiger partial charge < -0.3 is 5.11 Å². The van der Waals surface area contributed by atoms with Crippen molar-refractivity contribution in [3.05, 3.63) is 75.6 Å². The zero-order chi connectivity index (χ0) is 19.6. The molecule has 5 nitrogen and oxygen atoms in total. The highest BCUT2D eigenvalue weighted by molar-refractivity contribution is 7.13. The molecule has 2 aromatic heterocycles. The van der Waals surface area contributed by atoms with Gasteiger partial charge in [-0.25, -0.2) is 9.07 Å². The van der Waals surface area contributed by atoms with Crippen LogP contribution in [0.3, 0.4) is 0 Å². The predicted octanol–water partition coefficient (Wildman–Crippen LogP) is 3.14. The SMILES string of the molecule is O=c1ccc(-c2cccs2)nn1CC1(O)CCN(Cc2ccc(F)cc2)CC1. The average Bonchev–Trinajstić information content (AvgIpc) is 3.22. The highest BCUT2D eigenvalue weighted by Crippen LogP contribution is 2.26. The van der Waals surface area contributed by atoms with Gasteiger partial charge in [-0.15, -0.1) is 11.3 Å². The van der Waals surface area contributed by atoms with E-state index in [1.807, 2.05) is 17.5 Å². The Bertz CT molecular complexity index is 978. The minimum absolute atomic E-state index is 0.190. The lowest BCUT2D eigenvalue weighted by Gasteiger charge is -2.38. The van der Waals surface area contributed by atoms with E-state index in [1.54, 1.807) is 29.5 Å². The van der Waals surface area contributed by atoms with Gasteiger partial charge in [0.25, 0.3) is 5.56 Å². The zero-order valence-electron chi connectivity index (χ0n) is 15.4. The second-order valence-electron chi connectivity index (χ2n) is 7.32. The Labute approximate surface area is 166 Å². The fourth-order valence-electron chi connectivity index (χ4n) is 3.53. The van der Waals surface area contributed by atoms with Gasteiger partial charge in [0, 0.05) is 25.7 Å². The first kappa shape index (κ1) is 19.0. The van der Waals surface area contributed by atoms with Crippen molar-refractivity contribution in [2.75, 3.05) is 13.1 Å². The Kier molecular flexibility index (Phi) is 5.39. The van der Waals surface area contributed by atoms with E-state index in [0.29, 0.717) is 25.9 Å². The summed E-state index contributed by atoms with van der Waals surface area (Å²) in [6.07, 6.45) is 1.12. The maximum absolute atomic E-state index is 13.0. The number of nitrogens with zero attached hydrogens (tertiary/aromatic N) is 3. The summed E-state index contributed by atoms with van der Waals surface area (Å²) in [6, 6.07) is 13.6. The molecule has 1 aliphatic rings. The van der Waals surface area contributed by atoms with Crippen LogP contribution in [0.15, 0.2) is 58.7 Å². The van der Waals surface area contributed by atoms with E-state index < -0.39 is 5.60 Å². The van der Waals surface area contributed by atoms with E-state index in [0.717, 1.165) is 22.7 Å². The maximum Gasteiger partial charge on any atom is 0.266 e. The van der Waals surface area contributed by atoms with Gasteiger partial charge in [-0.05, 0) is 48.1 Å². The highest BCUT2D eigenvalue weighted by Gasteiger charge is 2.33. The van der Waals surface area contributed by atoms with Gasteiger partial charge in [0.15, 0.2) is 0 Å². The van der Waals surface area contributed by atoms with Crippen molar-refractivity contribution in [2.45, 2.75) is 31.5 Å². The molecule has 3 aromatic rings. The second kappa shape index (κ2) is 7.95. The van der Waals surface area contributed by atoms with Crippen molar-refractivity contribution < 1.29 is 9.50 Å². The number of piperidine rings is 1. The molecule has 1 saturated heterocycles. The van der Waals surface area contributed by atoms with E-state index >= 15 is 0 Å². The summed E-state index contributed by atoms with van der Waals surface area (Å²) in [5, 5.41) is 17.4. The van der Waals surface area contributed by atoms with Crippen LogP contribution < -0.4 is 5.56 Å². The molecule has 0 atom stereocenters. The number of halogens is 1. The molecule has 28 heavy (non-hydrogen) atoms. The molecule has 7 heteroatoms. The van der Waals surface area contributed by atoms with Crippen molar-refractivity contribution in [3.63, 3.8) is 0 Å². The Morgan fingerprint density at radius 1 is 1.11 bits per heavy atom. The number of rotatable bonds is 5. The van der Waals surface area contributed by atoms with Gasteiger partial charge in [0.1, 0.15) is 11.5 Å². The third-order valence-electron chi connectivity index (χ3n) is 5.19. The fraction of sp³-hybridized carbons (Fsp3) is 0.333. The summed E-state index contributed by atoms with van der Waals surface area (Å²) in [6.45, 7) is 2.35. The number of likely N-dealkylation sites (tertiary alicyclic amines) is 1. The average molecular weight is 399 g/mol. The molecule has 0 spiro atoms. The quantitative estimate of drug-likeness (QED) is 0.716. The molecule has 0 radical (unpaired) electrons. The largest absolute Gasteiger partial charge is 0.388 e. The summed E-state index contributed by atoms with van der Waals surface area (Å²) in [5.41, 5.74) is 0.632. The summed E-state index contributed by atoms with van der Waals surface area (Å²) in [5.74, 6) is -0.237. The van der Waals surface area contributed by atoms with E-state index in [4.69, 9.17) is 0 Å². The molecule has 0 unspecified atom stereocenters. The van der Waals surface area contributed by atoms with Crippen molar-refractivity contribution in [3.8, 4) is 10.6 Å². The first-order valence-electron chi connectivity index (χ1n) is 9.32. The van der Waals surface area contributed by atoms with Crippen LogP contribution in [0.5, 0.6) is 0 Å². The van der Waals surface area contributed by atoms with Crippen LogP contribution in [0.4, 0.5) is 4.39 Å². The van der Waals surface area contributed by atoms with Gasteiger partial charge >= 0.3 is 0 Å². The van der Waals surface area contributed by atoms with Crippen LogP contribution in [-0.4, -0.2) is 38.5 Å². The molecule has 0 bridgehead atoms. The molecule has 1 aromatic carbocycles. The van der Waals surface area contributed by atoms with E-state index in [-0.39, 0.29) is 17.9 Å². The molecule has 4 rings (SSSR count).